The number of amides is 4. The van der Waals surface area contributed by atoms with Crippen molar-refractivity contribution in [3.8, 4) is 0 Å². The number of nitrogens with one attached hydrogen (secondary N) is 2. The fraction of sp³-hybridized carbons (Fsp3) is 0.600. The summed E-state index contributed by atoms with van der Waals surface area (Å²) in [5, 5.41) is 5.97. The molecule has 1 aromatic rings. The lowest BCUT2D eigenvalue weighted by Gasteiger charge is -2.34. The van der Waals surface area contributed by atoms with E-state index in [1.54, 1.807) is 19.9 Å². The van der Waals surface area contributed by atoms with E-state index in [0.717, 1.165) is 35.5 Å². The average molecular weight is 422 g/mol. The van der Waals surface area contributed by atoms with Crippen LogP contribution in [0.1, 0.15) is 61.2 Å². The number of imide groups is 1. The first-order valence-electron chi connectivity index (χ1n) is 10.0. The highest BCUT2D eigenvalue weighted by atomic mass is 32.1. The van der Waals surface area contributed by atoms with Gasteiger partial charge in [-0.3, -0.25) is 14.5 Å². The zero-order valence-electron chi connectivity index (χ0n) is 17.0. The molecule has 0 unspecified atom stereocenters. The van der Waals surface area contributed by atoms with Crippen molar-refractivity contribution in [2.45, 2.75) is 58.4 Å². The van der Waals surface area contributed by atoms with Crippen LogP contribution in [0.4, 0.5) is 9.80 Å². The molecule has 2 fully saturated rings. The summed E-state index contributed by atoms with van der Waals surface area (Å²) in [6.45, 7) is 5.53. The second kappa shape index (κ2) is 8.52. The SMILES string of the molecule is CCOC(=O)c1sc(NC(=O)CN2C(=O)NC3(CCC(CC)CC3)C2=O)cc1C. The Labute approximate surface area is 174 Å². The maximum atomic E-state index is 12.9. The van der Waals surface area contributed by atoms with E-state index in [-0.39, 0.29) is 19.1 Å². The Balaban J connectivity index is 1.62. The smallest absolute Gasteiger partial charge is 0.348 e. The summed E-state index contributed by atoms with van der Waals surface area (Å²) in [6, 6.07) is 1.16. The van der Waals surface area contributed by atoms with Crippen molar-refractivity contribution in [2.24, 2.45) is 5.92 Å². The Morgan fingerprint density at radius 3 is 2.62 bits per heavy atom. The molecule has 2 aliphatic rings. The molecule has 1 aromatic heterocycles. The number of urea groups is 1. The van der Waals surface area contributed by atoms with Gasteiger partial charge in [-0.05, 0) is 57.1 Å². The van der Waals surface area contributed by atoms with Crippen molar-refractivity contribution in [3.63, 3.8) is 0 Å². The van der Waals surface area contributed by atoms with Gasteiger partial charge in [-0.2, -0.15) is 0 Å². The van der Waals surface area contributed by atoms with E-state index in [1.165, 1.54) is 0 Å². The third-order valence-corrected chi connectivity index (χ3v) is 6.86. The molecule has 9 heteroatoms. The number of carbonyl (C=O) groups is 4. The van der Waals surface area contributed by atoms with E-state index < -0.39 is 23.4 Å². The summed E-state index contributed by atoms with van der Waals surface area (Å²) in [7, 11) is 0. The van der Waals surface area contributed by atoms with Crippen molar-refractivity contribution >= 4 is 40.2 Å². The highest BCUT2D eigenvalue weighted by Gasteiger charge is 2.52. The van der Waals surface area contributed by atoms with Gasteiger partial charge < -0.3 is 15.4 Å². The Morgan fingerprint density at radius 1 is 1.31 bits per heavy atom. The van der Waals surface area contributed by atoms with Crippen LogP contribution in [0.3, 0.4) is 0 Å². The topological polar surface area (TPSA) is 105 Å². The second-order valence-electron chi connectivity index (χ2n) is 7.65. The van der Waals surface area contributed by atoms with Crippen LogP contribution in [-0.4, -0.2) is 47.4 Å². The van der Waals surface area contributed by atoms with Gasteiger partial charge in [0.1, 0.15) is 17.0 Å². The summed E-state index contributed by atoms with van der Waals surface area (Å²) in [4.78, 5) is 51.1. The molecule has 0 aromatic carbocycles. The molecule has 3 rings (SSSR count). The summed E-state index contributed by atoms with van der Waals surface area (Å²) in [5.74, 6) is -0.654. The molecule has 1 saturated heterocycles. The molecule has 1 spiro atoms. The predicted octanol–water partition coefficient (Wildman–Crippen LogP) is 3.06. The molecule has 158 valence electrons. The first-order chi connectivity index (χ1) is 13.8. The number of carbonyl (C=O) groups excluding carboxylic acids is 4. The zero-order chi connectivity index (χ0) is 21.2. The normalized spacial score (nSPS) is 24.0. The van der Waals surface area contributed by atoms with E-state index in [2.05, 4.69) is 17.6 Å². The number of hydrogen-bond acceptors (Lipinski definition) is 6. The Morgan fingerprint density at radius 2 is 2.00 bits per heavy atom. The lowest BCUT2D eigenvalue weighted by atomic mass is 9.75. The third kappa shape index (κ3) is 4.29. The van der Waals surface area contributed by atoms with Crippen molar-refractivity contribution in [3.05, 3.63) is 16.5 Å². The number of anilines is 1. The van der Waals surface area contributed by atoms with Crippen LogP contribution in [0.5, 0.6) is 0 Å². The van der Waals surface area contributed by atoms with Crippen LogP contribution >= 0.6 is 11.3 Å². The van der Waals surface area contributed by atoms with E-state index in [9.17, 15) is 19.2 Å². The summed E-state index contributed by atoms with van der Waals surface area (Å²) in [6.07, 6.45) is 4.09. The van der Waals surface area contributed by atoms with Crippen LogP contribution in [0, 0.1) is 12.8 Å². The standard InChI is InChI=1S/C20H27N3O5S/c1-4-13-6-8-20(9-7-13)18(26)23(19(27)22-20)11-14(24)21-15-10-12(3)16(29-15)17(25)28-5-2/h10,13H,4-9,11H2,1-3H3,(H,21,24)(H,22,27). The molecule has 29 heavy (non-hydrogen) atoms. The molecule has 1 aliphatic heterocycles. The molecule has 1 aliphatic carbocycles. The minimum atomic E-state index is -0.861. The predicted molar refractivity (Wildman–Crippen MR) is 109 cm³/mol. The second-order valence-corrected chi connectivity index (χ2v) is 8.70. The molecule has 4 amide bonds. The van der Waals surface area contributed by atoms with Crippen LogP contribution < -0.4 is 10.6 Å². The fourth-order valence-corrected chi connectivity index (χ4v) is 4.98. The maximum absolute atomic E-state index is 12.9. The molecule has 0 radical (unpaired) electrons. The van der Waals surface area contributed by atoms with Gasteiger partial charge in [0.25, 0.3) is 5.91 Å². The maximum Gasteiger partial charge on any atom is 0.348 e. The number of esters is 1. The third-order valence-electron chi connectivity index (χ3n) is 5.72. The number of rotatable bonds is 6. The van der Waals surface area contributed by atoms with Gasteiger partial charge >= 0.3 is 12.0 Å². The fourth-order valence-electron chi connectivity index (χ4n) is 4.00. The molecule has 0 atom stereocenters. The lowest BCUT2D eigenvalue weighted by Crippen LogP contribution is -2.49. The summed E-state index contributed by atoms with van der Waals surface area (Å²) in [5.41, 5.74) is -0.162. The van der Waals surface area contributed by atoms with E-state index in [4.69, 9.17) is 4.74 Å². The number of aryl methyl sites for hydroxylation is 1. The minimum absolute atomic E-state index is 0.269. The lowest BCUT2D eigenvalue weighted by molar-refractivity contribution is -0.135. The molecular weight excluding hydrogens is 394 g/mol. The van der Waals surface area contributed by atoms with Gasteiger partial charge in [-0.1, -0.05) is 13.3 Å². The Hall–Kier alpha value is -2.42. The van der Waals surface area contributed by atoms with Crippen LogP contribution in [0.2, 0.25) is 0 Å². The number of ether oxygens (including phenoxy) is 1. The van der Waals surface area contributed by atoms with Gasteiger partial charge in [0, 0.05) is 0 Å². The van der Waals surface area contributed by atoms with Crippen molar-refractivity contribution in [2.75, 3.05) is 18.5 Å². The molecule has 1 saturated carbocycles. The van der Waals surface area contributed by atoms with Gasteiger partial charge in [0.05, 0.1) is 11.6 Å². The number of thiophene rings is 1. The quantitative estimate of drug-likeness (QED) is 0.543. The first kappa shape index (κ1) is 21.3. The number of hydrogen-bond donors (Lipinski definition) is 2. The summed E-state index contributed by atoms with van der Waals surface area (Å²) < 4.78 is 5.00. The van der Waals surface area contributed by atoms with Crippen molar-refractivity contribution < 1.29 is 23.9 Å². The minimum Gasteiger partial charge on any atom is -0.462 e. The average Bonchev–Trinajstić information content (AvgIpc) is 3.15. The van der Waals surface area contributed by atoms with E-state index in [0.29, 0.717) is 34.2 Å². The highest BCUT2D eigenvalue weighted by molar-refractivity contribution is 7.18. The molecule has 8 nitrogen and oxygen atoms in total. The van der Waals surface area contributed by atoms with Gasteiger partial charge in [0.2, 0.25) is 5.91 Å². The van der Waals surface area contributed by atoms with Crippen LogP contribution in [0.15, 0.2) is 6.07 Å². The first-order valence-corrected chi connectivity index (χ1v) is 10.8. The monoisotopic (exact) mass is 421 g/mol. The molecule has 0 bridgehead atoms. The van der Waals surface area contributed by atoms with Crippen LogP contribution in [-0.2, 0) is 14.3 Å². The molecule has 2 heterocycles. The van der Waals surface area contributed by atoms with Crippen molar-refractivity contribution in [1.82, 2.24) is 10.2 Å². The van der Waals surface area contributed by atoms with E-state index in [1.807, 2.05) is 0 Å². The van der Waals surface area contributed by atoms with E-state index >= 15 is 0 Å². The van der Waals surface area contributed by atoms with Gasteiger partial charge in [-0.15, -0.1) is 11.3 Å². The van der Waals surface area contributed by atoms with Gasteiger partial charge in [-0.25, -0.2) is 9.59 Å². The van der Waals surface area contributed by atoms with Crippen LogP contribution in [0.25, 0.3) is 0 Å². The summed E-state index contributed by atoms with van der Waals surface area (Å²) >= 11 is 1.11. The Bertz CT molecular complexity index is 826. The number of nitrogens with zero attached hydrogens (tertiary/aromatic N) is 1. The molecular formula is C20H27N3O5S. The molecule has 2 N–H and O–H groups in total. The highest BCUT2D eigenvalue weighted by Crippen LogP contribution is 2.37. The Kier molecular flexibility index (Phi) is 6.26. The van der Waals surface area contributed by atoms with Crippen molar-refractivity contribution in [1.29, 1.82) is 0 Å². The zero-order valence-corrected chi connectivity index (χ0v) is 17.8. The largest absolute Gasteiger partial charge is 0.462 e. The van der Waals surface area contributed by atoms with Gasteiger partial charge in [0.15, 0.2) is 0 Å².